The highest BCUT2D eigenvalue weighted by Gasteiger charge is 2.22. The normalized spacial score (nSPS) is 12.2. The summed E-state index contributed by atoms with van der Waals surface area (Å²) in [6, 6.07) is 10.6. The number of hydrogen-bond donors (Lipinski definition) is 1. The molecule has 0 bridgehead atoms. The van der Waals surface area contributed by atoms with E-state index in [4.69, 9.17) is 0 Å². The van der Waals surface area contributed by atoms with Crippen LogP contribution in [0.5, 0.6) is 5.75 Å². The van der Waals surface area contributed by atoms with E-state index in [2.05, 4.69) is 0 Å². The molecule has 0 saturated heterocycles. The molecule has 0 atom stereocenters. The fourth-order valence-electron chi connectivity index (χ4n) is 2.68. The number of aromatic nitrogens is 1. The first-order chi connectivity index (χ1) is 11.3. The van der Waals surface area contributed by atoms with Gasteiger partial charge in [-0.1, -0.05) is 18.2 Å². The van der Waals surface area contributed by atoms with Crippen LogP contribution < -0.4 is 0 Å². The van der Waals surface area contributed by atoms with Crippen LogP contribution in [0.15, 0.2) is 53.6 Å². The van der Waals surface area contributed by atoms with Crippen molar-refractivity contribution in [3.63, 3.8) is 0 Å². The van der Waals surface area contributed by atoms with Crippen molar-refractivity contribution in [2.24, 2.45) is 0 Å². The minimum atomic E-state index is -3.84. The predicted octanol–water partition coefficient (Wildman–Crippen LogP) is 2.78. The van der Waals surface area contributed by atoms with Gasteiger partial charge in [0.15, 0.2) is 11.6 Å². The minimum absolute atomic E-state index is 0.116. The van der Waals surface area contributed by atoms with Crippen LogP contribution in [0.2, 0.25) is 0 Å². The second-order valence-corrected chi connectivity index (χ2v) is 7.60. The maximum atomic E-state index is 14.1. The lowest BCUT2D eigenvalue weighted by atomic mass is 10.1. The van der Waals surface area contributed by atoms with Crippen molar-refractivity contribution >= 4 is 20.9 Å². The molecule has 1 N–H and O–H groups in total. The summed E-state index contributed by atoms with van der Waals surface area (Å²) in [4.78, 5) is 1.89. The second kappa shape index (κ2) is 5.92. The Hall–Kier alpha value is -2.38. The third-order valence-corrected chi connectivity index (χ3v) is 5.47. The summed E-state index contributed by atoms with van der Waals surface area (Å²) in [5.74, 6) is -1.30. The number of aromatic hydroxyl groups is 1. The van der Waals surface area contributed by atoms with Crippen molar-refractivity contribution < 1.29 is 17.9 Å². The van der Waals surface area contributed by atoms with Gasteiger partial charge in [-0.2, -0.15) is 0 Å². The van der Waals surface area contributed by atoms with Crippen molar-refractivity contribution in [2.75, 3.05) is 14.1 Å². The molecule has 1 heterocycles. The molecule has 0 unspecified atom stereocenters. The van der Waals surface area contributed by atoms with Gasteiger partial charge in [-0.3, -0.25) is 0 Å². The van der Waals surface area contributed by atoms with Crippen LogP contribution in [0.3, 0.4) is 0 Å². The maximum absolute atomic E-state index is 14.1. The minimum Gasteiger partial charge on any atom is -0.505 e. The smallest absolute Gasteiger partial charge is 0.268 e. The van der Waals surface area contributed by atoms with Crippen LogP contribution in [0, 0.1) is 5.82 Å². The Morgan fingerprint density at radius 3 is 2.46 bits per heavy atom. The molecule has 0 radical (unpaired) electrons. The number of benzene rings is 2. The molecule has 0 amide bonds. The van der Waals surface area contributed by atoms with Crippen LogP contribution >= 0.6 is 0 Å². The Bertz CT molecular complexity index is 996. The molecule has 0 aliphatic rings. The van der Waals surface area contributed by atoms with Crippen LogP contribution in [0.1, 0.15) is 5.56 Å². The number of fused-ring (bicyclic) bond motifs is 1. The lowest BCUT2D eigenvalue weighted by Gasteiger charge is -2.14. The van der Waals surface area contributed by atoms with Gasteiger partial charge in [0.25, 0.3) is 10.0 Å². The Balaban J connectivity index is 2.27. The maximum Gasteiger partial charge on any atom is 0.268 e. The fourth-order valence-corrected chi connectivity index (χ4v) is 4.03. The molecule has 3 aromatic rings. The van der Waals surface area contributed by atoms with Gasteiger partial charge in [0, 0.05) is 29.8 Å². The monoisotopic (exact) mass is 348 g/mol. The summed E-state index contributed by atoms with van der Waals surface area (Å²) >= 11 is 0. The number of halogens is 1. The van der Waals surface area contributed by atoms with E-state index in [9.17, 15) is 17.9 Å². The summed E-state index contributed by atoms with van der Waals surface area (Å²) in [5.41, 5.74) is 0.558. The van der Waals surface area contributed by atoms with Crippen LogP contribution in [-0.2, 0) is 16.6 Å². The number of phenols is 1. The van der Waals surface area contributed by atoms with E-state index in [0.717, 1.165) is 10.0 Å². The molecule has 0 saturated carbocycles. The Morgan fingerprint density at radius 1 is 1.17 bits per heavy atom. The largest absolute Gasteiger partial charge is 0.505 e. The molecule has 0 aliphatic heterocycles. The van der Waals surface area contributed by atoms with Crippen LogP contribution in [-0.4, -0.2) is 36.5 Å². The summed E-state index contributed by atoms with van der Waals surface area (Å²) in [6.45, 7) is 0.287. The molecule has 3 rings (SSSR count). The van der Waals surface area contributed by atoms with Crippen molar-refractivity contribution in [3.05, 3.63) is 60.0 Å². The average molecular weight is 348 g/mol. The topological polar surface area (TPSA) is 62.5 Å². The molecule has 5 nitrogen and oxygen atoms in total. The molecular formula is C17H17FN2O3S. The van der Waals surface area contributed by atoms with Crippen LogP contribution in [0.25, 0.3) is 10.9 Å². The summed E-state index contributed by atoms with van der Waals surface area (Å²) in [5, 5.41) is 10.5. The molecule has 24 heavy (non-hydrogen) atoms. The molecular weight excluding hydrogens is 331 g/mol. The van der Waals surface area contributed by atoms with Gasteiger partial charge in [-0.15, -0.1) is 0 Å². The van der Waals surface area contributed by atoms with Gasteiger partial charge in [-0.25, -0.2) is 16.8 Å². The average Bonchev–Trinajstić information content (AvgIpc) is 2.96. The first-order valence-electron chi connectivity index (χ1n) is 7.29. The third-order valence-electron chi connectivity index (χ3n) is 3.76. The summed E-state index contributed by atoms with van der Waals surface area (Å²) in [6.07, 6.45) is 1.38. The van der Waals surface area contributed by atoms with E-state index in [1.807, 2.05) is 0 Å². The standard InChI is InChI=1S/C17H17FN2O3S/c1-19(2)11-14-13-8-9-20(16(13)10-15(18)17(14)21)24(22,23)12-6-4-3-5-7-12/h3-10,21H,11H2,1-2H3. The van der Waals surface area contributed by atoms with Crippen molar-refractivity contribution in [2.45, 2.75) is 11.4 Å². The van der Waals surface area contributed by atoms with Gasteiger partial charge < -0.3 is 10.0 Å². The first-order valence-corrected chi connectivity index (χ1v) is 8.73. The van der Waals surface area contributed by atoms with E-state index >= 15 is 0 Å². The highest BCUT2D eigenvalue weighted by Crippen LogP contribution is 2.33. The predicted molar refractivity (Wildman–Crippen MR) is 90.0 cm³/mol. The zero-order chi connectivity index (χ0) is 17.5. The highest BCUT2D eigenvalue weighted by molar-refractivity contribution is 7.90. The van der Waals surface area contributed by atoms with E-state index in [0.29, 0.717) is 10.9 Å². The van der Waals surface area contributed by atoms with Crippen molar-refractivity contribution in [3.8, 4) is 5.75 Å². The first kappa shape index (κ1) is 16.5. The quantitative estimate of drug-likeness (QED) is 0.787. The molecule has 1 aromatic heterocycles. The molecule has 0 fully saturated rings. The SMILES string of the molecule is CN(C)Cc1c(O)c(F)cc2c1ccn2S(=O)(=O)c1ccccc1. The van der Waals surface area contributed by atoms with Crippen molar-refractivity contribution in [1.29, 1.82) is 0 Å². The Morgan fingerprint density at radius 2 is 1.83 bits per heavy atom. The van der Waals surface area contributed by atoms with Gasteiger partial charge in [0.1, 0.15) is 0 Å². The molecule has 0 spiro atoms. The highest BCUT2D eigenvalue weighted by atomic mass is 32.2. The number of nitrogens with zero attached hydrogens (tertiary/aromatic N) is 2. The lowest BCUT2D eigenvalue weighted by molar-refractivity contribution is 0.377. The second-order valence-electron chi connectivity index (χ2n) is 5.79. The van der Waals surface area contributed by atoms with Gasteiger partial charge in [0.2, 0.25) is 0 Å². The lowest BCUT2D eigenvalue weighted by Crippen LogP contribution is -2.13. The van der Waals surface area contributed by atoms with E-state index in [-0.39, 0.29) is 17.0 Å². The van der Waals surface area contributed by atoms with E-state index in [1.54, 1.807) is 43.3 Å². The molecule has 0 aliphatic carbocycles. The van der Waals surface area contributed by atoms with Gasteiger partial charge in [0.05, 0.1) is 10.4 Å². The Kier molecular flexibility index (Phi) is 4.06. The number of phenolic OH excluding ortho intramolecular Hbond substituents is 1. The summed E-state index contributed by atoms with van der Waals surface area (Å²) in [7, 11) is -0.271. The molecule has 7 heteroatoms. The summed E-state index contributed by atoms with van der Waals surface area (Å²) < 4.78 is 40.8. The van der Waals surface area contributed by atoms with Gasteiger partial charge >= 0.3 is 0 Å². The number of rotatable bonds is 4. The zero-order valence-electron chi connectivity index (χ0n) is 13.3. The molecule has 2 aromatic carbocycles. The fraction of sp³-hybridized carbons (Fsp3) is 0.176. The van der Waals surface area contributed by atoms with Crippen LogP contribution in [0.4, 0.5) is 4.39 Å². The Labute approximate surface area is 139 Å². The zero-order valence-corrected chi connectivity index (χ0v) is 14.1. The molecule has 126 valence electrons. The third kappa shape index (κ3) is 2.65. The van der Waals surface area contributed by atoms with E-state index in [1.165, 1.54) is 18.3 Å². The van der Waals surface area contributed by atoms with Gasteiger partial charge in [-0.05, 0) is 32.3 Å². The van der Waals surface area contributed by atoms with Crippen molar-refractivity contribution in [1.82, 2.24) is 8.87 Å². The number of hydrogen-bond acceptors (Lipinski definition) is 4. The van der Waals surface area contributed by atoms with E-state index < -0.39 is 21.6 Å².